The lowest BCUT2D eigenvalue weighted by Gasteiger charge is -2.06. The van der Waals surface area contributed by atoms with Crippen molar-refractivity contribution >= 4 is 28.1 Å². The van der Waals surface area contributed by atoms with Crippen LogP contribution in [0.1, 0.15) is 11.1 Å². The Hall–Kier alpha value is -3.26. The highest BCUT2D eigenvalue weighted by molar-refractivity contribution is 7.14. The highest BCUT2D eigenvalue weighted by Gasteiger charge is 2.16. The van der Waals surface area contributed by atoms with E-state index in [4.69, 9.17) is 4.74 Å². The van der Waals surface area contributed by atoms with Crippen LogP contribution in [0, 0.1) is 24.0 Å². The van der Waals surface area contributed by atoms with Crippen molar-refractivity contribution in [2.45, 2.75) is 13.8 Å². The lowest BCUT2D eigenvalue weighted by atomic mass is 10.0. The molecule has 0 radical (unpaired) electrons. The minimum atomic E-state index is -0.551. The van der Waals surface area contributed by atoms with E-state index in [2.05, 4.69) is 10.3 Å². The summed E-state index contributed by atoms with van der Waals surface area (Å²) in [6.45, 7) is 3.67. The highest BCUT2D eigenvalue weighted by atomic mass is 32.1. The van der Waals surface area contributed by atoms with E-state index in [0.29, 0.717) is 5.13 Å². The standard InChI is InChI=1S/C19H17N3O4S/c1-12-7-8-13(2)14(9-12)15-11-27-19(20-15)21-18(23)10-26-17-6-4-3-5-16(17)22(24)25/h3-9,11H,10H2,1-2H3,(H,20,21,23). The molecule has 0 atom stereocenters. The number of para-hydroxylation sites is 2. The van der Waals surface area contributed by atoms with Crippen molar-refractivity contribution in [1.82, 2.24) is 4.98 Å². The minimum Gasteiger partial charge on any atom is -0.477 e. The normalized spacial score (nSPS) is 10.4. The van der Waals surface area contributed by atoms with Gasteiger partial charge in [0.1, 0.15) is 0 Å². The number of aromatic nitrogens is 1. The van der Waals surface area contributed by atoms with Crippen LogP contribution in [0.5, 0.6) is 5.75 Å². The van der Waals surface area contributed by atoms with Crippen molar-refractivity contribution in [1.29, 1.82) is 0 Å². The van der Waals surface area contributed by atoms with E-state index >= 15 is 0 Å². The van der Waals surface area contributed by atoms with Gasteiger partial charge in [-0.15, -0.1) is 11.3 Å². The molecular formula is C19H17N3O4S. The molecule has 3 rings (SSSR count). The Labute approximate surface area is 159 Å². The highest BCUT2D eigenvalue weighted by Crippen LogP contribution is 2.28. The van der Waals surface area contributed by atoms with E-state index in [1.54, 1.807) is 6.07 Å². The minimum absolute atomic E-state index is 0.0489. The molecule has 0 spiro atoms. The number of nitro groups is 1. The second-order valence-corrected chi connectivity index (χ2v) is 6.78. The van der Waals surface area contributed by atoms with Gasteiger partial charge in [-0.1, -0.05) is 29.8 Å². The summed E-state index contributed by atoms with van der Waals surface area (Å²) in [5.41, 5.74) is 3.85. The smallest absolute Gasteiger partial charge is 0.310 e. The Balaban J connectivity index is 1.65. The number of hydrogen-bond acceptors (Lipinski definition) is 6. The molecule has 7 nitrogen and oxygen atoms in total. The van der Waals surface area contributed by atoms with Crippen LogP contribution in [0.25, 0.3) is 11.3 Å². The number of nitrogens with zero attached hydrogens (tertiary/aromatic N) is 2. The van der Waals surface area contributed by atoms with Crippen molar-refractivity contribution in [2.24, 2.45) is 0 Å². The van der Waals surface area contributed by atoms with Gasteiger partial charge in [0.2, 0.25) is 0 Å². The molecule has 1 N–H and O–H groups in total. The van der Waals surface area contributed by atoms with E-state index in [-0.39, 0.29) is 18.0 Å². The van der Waals surface area contributed by atoms with Crippen LogP contribution >= 0.6 is 11.3 Å². The van der Waals surface area contributed by atoms with E-state index in [9.17, 15) is 14.9 Å². The predicted molar refractivity (Wildman–Crippen MR) is 104 cm³/mol. The van der Waals surface area contributed by atoms with Crippen molar-refractivity contribution < 1.29 is 14.5 Å². The number of anilines is 1. The van der Waals surface area contributed by atoms with Gasteiger partial charge in [0, 0.05) is 17.0 Å². The lowest BCUT2D eigenvalue weighted by Crippen LogP contribution is -2.20. The number of carbonyl (C=O) groups is 1. The van der Waals surface area contributed by atoms with E-state index < -0.39 is 10.8 Å². The first-order valence-corrected chi connectivity index (χ1v) is 9.01. The van der Waals surface area contributed by atoms with Gasteiger partial charge in [0.05, 0.1) is 10.6 Å². The van der Waals surface area contributed by atoms with Crippen LogP contribution in [0.3, 0.4) is 0 Å². The maximum Gasteiger partial charge on any atom is 0.310 e. The number of thiazole rings is 1. The van der Waals surface area contributed by atoms with E-state index in [1.807, 2.05) is 37.4 Å². The topological polar surface area (TPSA) is 94.4 Å². The molecule has 0 bridgehead atoms. The molecule has 0 saturated carbocycles. The molecule has 0 fully saturated rings. The summed E-state index contributed by atoms with van der Waals surface area (Å²) >= 11 is 1.31. The van der Waals surface area contributed by atoms with E-state index in [0.717, 1.165) is 22.4 Å². The first kappa shape index (κ1) is 18.5. The van der Waals surface area contributed by atoms with Crippen LogP contribution in [0.4, 0.5) is 10.8 Å². The summed E-state index contributed by atoms with van der Waals surface area (Å²) in [6.07, 6.45) is 0. The van der Waals surface area contributed by atoms with Crippen molar-refractivity contribution in [3.8, 4) is 17.0 Å². The van der Waals surface area contributed by atoms with Gasteiger partial charge in [-0.25, -0.2) is 4.98 Å². The van der Waals surface area contributed by atoms with Gasteiger partial charge in [0.15, 0.2) is 17.5 Å². The fraction of sp³-hybridized carbons (Fsp3) is 0.158. The number of rotatable bonds is 6. The van der Waals surface area contributed by atoms with E-state index in [1.165, 1.54) is 29.5 Å². The summed E-state index contributed by atoms with van der Waals surface area (Å²) in [5, 5.41) is 15.9. The largest absolute Gasteiger partial charge is 0.477 e. The zero-order chi connectivity index (χ0) is 19.4. The Kier molecular flexibility index (Phi) is 5.46. The summed E-state index contributed by atoms with van der Waals surface area (Å²) < 4.78 is 5.28. The molecule has 3 aromatic rings. The third-order valence-electron chi connectivity index (χ3n) is 3.84. The number of aryl methyl sites for hydroxylation is 2. The van der Waals surface area contributed by atoms with Gasteiger partial charge in [0.25, 0.3) is 5.91 Å². The van der Waals surface area contributed by atoms with Gasteiger partial charge in [-0.05, 0) is 31.5 Å². The molecule has 1 aromatic heterocycles. The first-order valence-electron chi connectivity index (χ1n) is 8.13. The second kappa shape index (κ2) is 7.96. The molecule has 0 aliphatic carbocycles. The number of carbonyl (C=O) groups excluding carboxylic acids is 1. The number of ether oxygens (including phenoxy) is 1. The summed E-state index contributed by atoms with van der Waals surface area (Å²) in [7, 11) is 0. The lowest BCUT2D eigenvalue weighted by molar-refractivity contribution is -0.385. The fourth-order valence-corrected chi connectivity index (χ4v) is 3.22. The van der Waals surface area contributed by atoms with Gasteiger partial charge in [-0.2, -0.15) is 0 Å². The number of nitrogens with one attached hydrogen (secondary N) is 1. The average molecular weight is 383 g/mol. The van der Waals surface area contributed by atoms with Crippen LogP contribution < -0.4 is 10.1 Å². The van der Waals surface area contributed by atoms with Crippen molar-refractivity contribution in [2.75, 3.05) is 11.9 Å². The SMILES string of the molecule is Cc1ccc(C)c(-c2csc(NC(=O)COc3ccccc3[N+](=O)[O-])n2)c1. The molecule has 0 saturated heterocycles. The Morgan fingerprint density at radius 1 is 1.26 bits per heavy atom. The molecule has 138 valence electrons. The zero-order valence-electron chi connectivity index (χ0n) is 14.8. The van der Waals surface area contributed by atoms with Crippen LogP contribution in [0.2, 0.25) is 0 Å². The summed E-state index contributed by atoms with van der Waals surface area (Å²) in [6, 6.07) is 12.0. The van der Waals surface area contributed by atoms with Crippen molar-refractivity contribution in [3.63, 3.8) is 0 Å². The van der Waals surface area contributed by atoms with Crippen LogP contribution in [-0.4, -0.2) is 22.4 Å². The molecule has 2 aromatic carbocycles. The third kappa shape index (κ3) is 4.48. The molecule has 1 heterocycles. The Morgan fingerprint density at radius 3 is 2.81 bits per heavy atom. The van der Waals surface area contributed by atoms with Crippen molar-refractivity contribution in [3.05, 3.63) is 69.1 Å². The molecule has 0 unspecified atom stereocenters. The molecule has 0 aliphatic heterocycles. The van der Waals surface area contributed by atoms with Gasteiger partial charge < -0.3 is 4.74 Å². The number of hydrogen-bond donors (Lipinski definition) is 1. The second-order valence-electron chi connectivity index (χ2n) is 5.92. The number of benzene rings is 2. The number of nitro benzene ring substituents is 1. The van der Waals surface area contributed by atoms with Gasteiger partial charge >= 0.3 is 5.69 Å². The Bertz CT molecular complexity index is 1000. The fourth-order valence-electron chi connectivity index (χ4n) is 2.50. The molecule has 27 heavy (non-hydrogen) atoms. The van der Waals surface area contributed by atoms with Gasteiger partial charge in [-0.3, -0.25) is 20.2 Å². The predicted octanol–water partition coefficient (Wildman–Crippen LogP) is 4.35. The maximum atomic E-state index is 12.1. The summed E-state index contributed by atoms with van der Waals surface area (Å²) in [4.78, 5) is 27.0. The number of amides is 1. The molecule has 0 aliphatic rings. The quantitative estimate of drug-likeness (QED) is 0.504. The average Bonchev–Trinajstić information content (AvgIpc) is 3.10. The Morgan fingerprint density at radius 2 is 2.04 bits per heavy atom. The molecular weight excluding hydrogens is 366 g/mol. The monoisotopic (exact) mass is 383 g/mol. The van der Waals surface area contributed by atoms with Crippen LogP contribution in [0.15, 0.2) is 47.8 Å². The molecule has 1 amide bonds. The maximum absolute atomic E-state index is 12.1. The first-order chi connectivity index (χ1) is 12.9. The molecule has 8 heteroatoms. The van der Waals surface area contributed by atoms with Crippen LogP contribution in [-0.2, 0) is 4.79 Å². The third-order valence-corrected chi connectivity index (χ3v) is 4.60. The summed E-state index contributed by atoms with van der Waals surface area (Å²) in [5.74, 6) is -0.386. The zero-order valence-corrected chi connectivity index (χ0v) is 15.6.